The summed E-state index contributed by atoms with van der Waals surface area (Å²) < 4.78 is 28.7. The average molecular weight is 304 g/mol. The van der Waals surface area contributed by atoms with E-state index in [9.17, 15) is 8.42 Å². The van der Waals surface area contributed by atoms with Gasteiger partial charge in [-0.2, -0.15) is 9.50 Å². The molecule has 1 fully saturated rings. The summed E-state index contributed by atoms with van der Waals surface area (Å²) in [7, 11) is -3.70. The van der Waals surface area contributed by atoms with Gasteiger partial charge in [-0.1, -0.05) is 12.1 Å². The lowest BCUT2D eigenvalue weighted by Gasteiger charge is -2.07. The van der Waals surface area contributed by atoms with Crippen LogP contribution >= 0.6 is 0 Å². The molecule has 0 radical (unpaired) electrons. The van der Waals surface area contributed by atoms with E-state index in [1.165, 1.54) is 10.8 Å². The Hall–Kier alpha value is -2.42. The number of benzene rings is 1. The number of hydrogen-bond donors (Lipinski definition) is 2. The second-order valence-electron chi connectivity index (χ2n) is 5.00. The van der Waals surface area contributed by atoms with E-state index >= 15 is 0 Å². The summed E-state index contributed by atoms with van der Waals surface area (Å²) in [6.07, 6.45) is 3.65. The fourth-order valence-corrected chi connectivity index (χ4v) is 3.26. The molecule has 1 saturated carbocycles. The van der Waals surface area contributed by atoms with Gasteiger partial charge in [0.2, 0.25) is 0 Å². The van der Waals surface area contributed by atoms with Crippen molar-refractivity contribution >= 4 is 21.7 Å². The van der Waals surface area contributed by atoms with Crippen LogP contribution in [0.15, 0.2) is 35.5 Å². The number of sulfonamides is 1. The zero-order chi connectivity index (χ0) is 14.4. The molecule has 1 aliphatic carbocycles. The standard InChI is InChI=1S/C12H12N6O2S/c19-21(20,10-3-1-2-9(6-10)8-4-5-8)17-12-16-15-11-13-7-14-18(11)12/h1-3,6-8H,4-5H2,(H,16,17)(H,13,14,15). The van der Waals surface area contributed by atoms with Crippen molar-refractivity contribution < 1.29 is 8.42 Å². The van der Waals surface area contributed by atoms with Crippen LogP contribution in [0.5, 0.6) is 0 Å². The van der Waals surface area contributed by atoms with Crippen LogP contribution in [0.25, 0.3) is 5.78 Å². The van der Waals surface area contributed by atoms with Gasteiger partial charge in [-0.15, -0.1) is 10.2 Å². The van der Waals surface area contributed by atoms with Gasteiger partial charge < -0.3 is 0 Å². The van der Waals surface area contributed by atoms with Gasteiger partial charge in [0.25, 0.3) is 21.7 Å². The fraction of sp³-hybridized carbons (Fsp3) is 0.250. The van der Waals surface area contributed by atoms with Crippen LogP contribution in [0.4, 0.5) is 5.95 Å². The van der Waals surface area contributed by atoms with Gasteiger partial charge in [-0.25, -0.2) is 13.1 Å². The second-order valence-corrected chi connectivity index (χ2v) is 6.68. The molecular formula is C12H12N6O2S. The summed E-state index contributed by atoms with van der Waals surface area (Å²) in [4.78, 5) is 4.11. The number of aromatic amines is 1. The first-order valence-electron chi connectivity index (χ1n) is 6.51. The highest BCUT2D eigenvalue weighted by Crippen LogP contribution is 2.40. The predicted octanol–water partition coefficient (Wildman–Crippen LogP) is 1.13. The van der Waals surface area contributed by atoms with Crippen molar-refractivity contribution in [1.82, 2.24) is 24.8 Å². The lowest BCUT2D eigenvalue weighted by Crippen LogP contribution is -2.15. The normalized spacial score (nSPS) is 15.4. The molecule has 3 aromatic rings. The van der Waals surface area contributed by atoms with Gasteiger partial charge in [0.1, 0.15) is 6.33 Å². The Bertz CT molecular complexity index is 909. The number of fused-ring (bicyclic) bond motifs is 1. The molecule has 2 N–H and O–H groups in total. The van der Waals surface area contributed by atoms with Crippen LogP contribution in [0.1, 0.15) is 24.3 Å². The Kier molecular flexibility index (Phi) is 2.52. The minimum Gasteiger partial charge on any atom is -0.278 e. The Morgan fingerprint density at radius 2 is 2.14 bits per heavy atom. The van der Waals surface area contributed by atoms with Crippen LogP contribution in [0, 0.1) is 0 Å². The number of rotatable bonds is 4. The average Bonchev–Trinajstić information content (AvgIpc) is 3.11. The topological polar surface area (TPSA) is 105 Å². The molecule has 0 saturated heterocycles. The molecule has 1 aliphatic rings. The molecule has 0 spiro atoms. The summed E-state index contributed by atoms with van der Waals surface area (Å²) in [5.41, 5.74) is 1.06. The van der Waals surface area contributed by atoms with E-state index in [1.54, 1.807) is 18.2 Å². The van der Waals surface area contributed by atoms with Gasteiger partial charge in [0.15, 0.2) is 0 Å². The highest BCUT2D eigenvalue weighted by atomic mass is 32.2. The van der Waals surface area contributed by atoms with E-state index < -0.39 is 10.0 Å². The van der Waals surface area contributed by atoms with Crippen LogP contribution < -0.4 is 4.72 Å². The van der Waals surface area contributed by atoms with Gasteiger partial charge in [-0.3, -0.25) is 5.10 Å². The lowest BCUT2D eigenvalue weighted by molar-refractivity contribution is 0.600. The zero-order valence-electron chi connectivity index (χ0n) is 10.9. The summed E-state index contributed by atoms with van der Waals surface area (Å²) >= 11 is 0. The Morgan fingerprint density at radius 1 is 1.29 bits per heavy atom. The molecule has 2 heterocycles. The lowest BCUT2D eigenvalue weighted by atomic mass is 10.1. The molecule has 108 valence electrons. The first-order valence-corrected chi connectivity index (χ1v) is 7.99. The number of nitrogens with one attached hydrogen (secondary N) is 2. The van der Waals surface area contributed by atoms with E-state index in [2.05, 4.69) is 25.0 Å². The van der Waals surface area contributed by atoms with E-state index in [0.29, 0.717) is 11.7 Å². The predicted molar refractivity (Wildman–Crippen MR) is 74.4 cm³/mol. The van der Waals surface area contributed by atoms with Crippen molar-refractivity contribution in [3.05, 3.63) is 36.2 Å². The van der Waals surface area contributed by atoms with Crippen LogP contribution in [-0.4, -0.2) is 33.2 Å². The van der Waals surface area contributed by atoms with Gasteiger partial charge in [-0.05, 0) is 36.5 Å². The van der Waals surface area contributed by atoms with Crippen molar-refractivity contribution in [2.75, 3.05) is 4.72 Å². The molecule has 0 bridgehead atoms. The van der Waals surface area contributed by atoms with Crippen LogP contribution in [-0.2, 0) is 10.0 Å². The number of nitrogens with zero attached hydrogens (tertiary/aromatic N) is 4. The van der Waals surface area contributed by atoms with Crippen molar-refractivity contribution in [1.29, 1.82) is 0 Å². The zero-order valence-corrected chi connectivity index (χ0v) is 11.7. The maximum absolute atomic E-state index is 12.4. The molecule has 8 nitrogen and oxygen atoms in total. The number of anilines is 1. The fourth-order valence-electron chi connectivity index (χ4n) is 2.22. The largest absolute Gasteiger partial charge is 0.278 e. The van der Waals surface area contributed by atoms with E-state index in [-0.39, 0.29) is 10.8 Å². The third kappa shape index (κ3) is 2.15. The molecule has 0 amide bonds. The summed E-state index contributed by atoms with van der Waals surface area (Å²) in [6, 6.07) is 7.00. The first kappa shape index (κ1) is 12.3. The molecule has 1 aromatic carbocycles. The third-order valence-corrected chi connectivity index (χ3v) is 4.78. The van der Waals surface area contributed by atoms with Gasteiger partial charge in [0, 0.05) is 0 Å². The SMILES string of the molecule is O=S(=O)(Nc1nnc2nc[nH]n12)c1cccc(C2CC2)c1. The molecule has 0 unspecified atom stereocenters. The van der Waals surface area contributed by atoms with Crippen LogP contribution in [0.3, 0.4) is 0 Å². The molecule has 9 heteroatoms. The molecule has 4 rings (SSSR count). The minimum absolute atomic E-state index is 0.0827. The van der Waals surface area contributed by atoms with Crippen molar-refractivity contribution in [3.63, 3.8) is 0 Å². The van der Waals surface area contributed by atoms with Crippen molar-refractivity contribution in [2.45, 2.75) is 23.7 Å². The quantitative estimate of drug-likeness (QED) is 0.751. The number of hydrogen-bond acceptors (Lipinski definition) is 5. The number of aromatic nitrogens is 5. The monoisotopic (exact) mass is 304 g/mol. The van der Waals surface area contributed by atoms with Gasteiger partial charge in [0.05, 0.1) is 4.90 Å². The highest BCUT2D eigenvalue weighted by Gasteiger charge is 2.25. The maximum Gasteiger partial charge on any atom is 0.273 e. The van der Waals surface area contributed by atoms with Crippen molar-refractivity contribution in [2.24, 2.45) is 0 Å². The van der Waals surface area contributed by atoms with E-state index in [1.807, 2.05) is 6.07 Å². The molecule has 2 aromatic heterocycles. The van der Waals surface area contributed by atoms with Crippen LogP contribution in [0.2, 0.25) is 0 Å². The molecular weight excluding hydrogens is 292 g/mol. The molecule has 0 aliphatic heterocycles. The third-order valence-electron chi connectivity index (χ3n) is 3.46. The number of H-pyrrole nitrogens is 1. The Balaban J connectivity index is 1.70. The smallest absolute Gasteiger partial charge is 0.273 e. The second kappa shape index (κ2) is 4.29. The summed E-state index contributed by atoms with van der Waals surface area (Å²) in [5, 5.41) is 10.3. The summed E-state index contributed by atoms with van der Waals surface area (Å²) in [6.45, 7) is 0. The van der Waals surface area contributed by atoms with E-state index in [4.69, 9.17) is 0 Å². The molecule has 0 atom stereocenters. The maximum atomic E-state index is 12.4. The van der Waals surface area contributed by atoms with E-state index in [0.717, 1.165) is 18.4 Å². The Labute approximate surface area is 120 Å². The molecule has 21 heavy (non-hydrogen) atoms. The first-order chi connectivity index (χ1) is 10.1. The Morgan fingerprint density at radius 3 is 2.95 bits per heavy atom. The van der Waals surface area contributed by atoms with Crippen molar-refractivity contribution in [3.8, 4) is 0 Å². The summed E-state index contributed by atoms with van der Waals surface area (Å²) in [5.74, 6) is 0.881. The van der Waals surface area contributed by atoms with Gasteiger partial charge >= 0.3 is 0 Å². The highest BCUT2D eigenvalue weighted by molar-refractivity contribution is 7.92. The minimum atomic E-state index is -3.70.